The second-order valence-electron chi connectivity index (χ2n) is 8.42. The molecule has 0 aliphatic carbocycles. The number of amidine groups is 1. The van der Waals surface area contributed by atoms with Crippen molar-refractivity contribution in [2.45, 2.75) is 116 Å². The molecule has 0 spiro atoms. The van der Waals surface area contributed by atoms with Crippen molar-refractivity contribution in [3.05, 3.63) is 12.2 Å². The van der Waals surface area contributed by atoms with E-state index < -0.39 is 0 Å². The van der Waals surface area contributed by atoms with Gasteiger partial charge in [0, 0.05) is 6.54 Å². The number of nitrogens with one attached hydrogen (secondary N) is 1. The summed E-state index contributed by atoms with van der Waals surface area (Å²) in [6.45, 7) is 6.41. The first-order valence-electron chi connectivity index (χ1n) is 11.9. The number of rotatable bonds is 18. The number of unbranched alkanes of at least 4 members (excludes halogenated alkanes) is 12. The van der Waals surface area contributed by atoms with E-state index in [4.69, 9.17) is 5.73 Å². The van der Waals surface area contributed by atoms with Gasteiger partial charge in [-0.15, -0.1) is 0 Å². The molecule has 2 unspecified atom stereocenters. The third-order valence-electron chi connectivity index (χ3n) is 5.80. The summed E-state index contributed by atoms with van der Waals surface area (Å²) in [6, 6.07) is 0.107. The molecule has 0 bridgehead atoms. The summed E-state index contributed by atoms with van der Waals surface area (Å²) in [5.41, 5.74) is 6.29. The minimum absolute atomic E-state index is 0.107. The topological polar surface area (TPSA) is 50.4 Å². The van der Waals surface area contributed by atoms with E-state index in [1.807, 2.05) is 0 Å². The lowest BCUT2D eigenvalue weighted by atomic mass is 9.94. The van der Waals surface area contributed by atoms with Gasteiger partial charge < -0.3 is 11.1 Å². The molecule has 2 atom stereocenters. The zero-order valence-electron chi connectivity index (χ0n) is 18.4. The second-order valence-corrected chi connectivity index (χ2v) is 8.42. The van der Waals surface area contributed by atoms with E-state index >= 15 is 0 Å². The third kappa shape index (κ3) is 13.1. The summed E-state index contributed by atoms with van der Waals surface area (Å²) >= 11 is 0. The van der Waals surface area contributed by atoms with Crippen LogP contribution in [0.15, 0.2) is 17.1 Å². The fourth-order valence-electron chi connectivity index (χ4n) is 3.80. The summed E-state index contributed by atoms with van der Waals surface area (Å²) < 4.78 is 0. The Labute approximate surface area is 169 Å². The van der Waals surface area contributed by atoms with Crippen LogP contribution in [-0.4, -0.2) is 25.0 Å². The number of hydrogen-bond donors (Lipinski definition) is 2. The molecular weight excluding hydrogens is 330 g/mol. The van der Waals surface area contributed by atoms with Crippen molar-refractivity contribution in [2.75, 3.05) is 13.1 Å². The number of aliphatic imine (C=N–C) groups is 1. The smallest absolute Gasteiger partial charge is 0.114 e. The number of hydrogen-bond acceptors (Lipinski definition) is 3. The van der Waals surface area contributed by atoms with Gasteiger partial charge in [0.25, 0.3) is 0 Å². The molecule has 0 saturated carbocycles. The maximum Gasteiger partial charge on any atom is 0.114 e. The molecular formula is C24H47N3. The Kier molecular flexibility index (Phi) is 15.5. The van der Waals surface area contributed by atoms with Crippen LogP contribution in [0.5, 0.6) is 0 Å². The number of nitrogens with zero attached hydrogens (tertiary/aromatic N) is 1. The van der Waals surface area contributed by atoms with Gasteiger partial charge in [0.15, 0.2) is 0 Å². The minimum Gasteiger partial charge on any atom is -0.371 e. The summed E-state index contributed by atoms with van der Waals surface area (Å²) in [5, 5.41) is 3.31. The first-order valence-corrected chi connectivity index (χ1v) is 11.9. The highest BCUT2D eigenvalue weighted by Gasteiger charge is 2.20. The molecule has 1 aliphatic heterocycles. The molecule has 0 fully saturated rings. The Morgan fingerprint density at radius 2 is 1.44 bits per heavy atom. The first-order chi connectivity index (χ1) is 13.3. The minimum atomic E-state index is 0.107. The lowest BCUT2D eigenvalue weighted by Crippen LogP contribution is -2.42. The molecule has 0 saturated heterocycles. The second kappa shape index (κ2) is 17.3. The SMILES string of the molecule is CCCCCCCC/C=C\CCCCCCCCC(C)C(N)C1=NCCN1. The largest absolute Gasteiger partial charge is 0.371 e. The lowest BCUT2D eigenvalue weighted by Gasteiger charge is -2.20. The molecule has 3 heteroatoms. The quantitative estimate of drug-likeness (QED) is 0.215. The van der Waals surface area contributed by atoms with E-state index in [0.29, 0.717) is 5.92 Å². The van der Waals surface area contributed by atoms with Crippen LogP contribution in [0, 0.1) is 5.92 Å². The molecule has 0 aromatic rings. The molecule has 27 heavy (non-hydrogen) atoms. The predicted octanol–water partition coefficient (Wildman–Crippen LogP) is 6.38. The number of nitrogens with two attached hydrogens (primary N) is 1. The van der Waals surface area contributed by atoms with Crippen molar-refractivity contribution in [1.82, 2.24) is 5.32 Å². The van der Waals surface area contributed by atoms with Crippen LogP contribution in [0.4, 0.5) is 0 Å². The lowest BCUT2D eigenvalue weighted by molar-refractivity contribution is 0.455. The van der Waals surface area contributed by atoms with Gasteiger partial charge in [0.05, 0.1) is 12.6 Å². The summed E-state index contributed by atoms with van der Waals surface area (Å²) in [6.07, 6.45) is 25.2. The van der Waals surface area contributed by atoms with Crippen molar-refractivity contribution >= 4 is 5.84 Å². The molecule has 1 heterocycles. The normalized spacial score (nSPS) is 16.5. The van der Waals surface area contributed by atoms with Gasteiger partial charge in [-0.25, -0.2) is 0 Å². The monoisotopic (exact) mass is 377 g/mol. The Morgan fingerprint density at radius 1 is 0.889 bits per heavy atom. The van der Waals surface area contributed by atoms with Crippen LogP contribution in [0.2, 0.25) is 0 Å². The Bertz CT molecular complexity index is 389. The zero-order valence-corrected chi connectivity index (χ0v) is 18.4. The molecule has 0 amide bonds. The summed E-state index contributed by atoms with van der Waals surface area (Å²) in [4.78, 5) is 4.46. The Hall–Kier alpha value is -0.830. The predicted molar refractivity (Wildman–Crippen MR) is 122 cm³/mol. The highest BCUT2D eigenvalue weighted by molar-refractivity contribution is 5.88. The van der Waals surface area contributed by atoms with Gasteiger partial charge in [0.2, 0.25) is 0 Å². The molecule has 0 aromatic carbocycles. The van der Waals surface area contributed by atoms with Crippen LogP contribution < -0.4 is 11.1 Å². The van der Waals surface area contributed by atoms with Gasteiger partial charge in [-0.1, -0.05) is 90.2 Å². The number of allylic oxidation sites excluding steroid dienone is 2. The Morgan fingerprint density at radius 3 is 2.00 bits per heavy atom. The maximum atomic E-state index is 6.29. The molecule has 1 aliphatic rings. The van der Waals surface area contributed by atoms with Crippen molar-refractivity contribution in [1.29, 1.82) is 0 Å². The van der Waals surface area contributed by atoms with Crippen LogP contribution in [0.3, 0.4) is 0 Å². The first kappa shape index (κ1) is 24.2. The average Bonchev–Trinajstić information content (AvgIpc) is 3.21. The molecule has 3 nitrogen and oxygen atoms in total. The Balaban J connectivity index is 1.81. The van der Waals surface area contributed by atoms with E-state index in [1.165, 1.54) is 96.3 Å². The summed E-state index contributed by atoms with van der Waals surface area (Å²) in [5.74, 6) is 1.57. The van der Waals surface area contributed by atoms with Crippen LogP contribution in [0.1, 0.15) is 110 Å². The van der Waals surface area contributed by atoms with Gasteiger partial charge in [0.1, 0.15) is 5.84 Å². The van der Waals surface area contributed by atoms with Gasteiger partial charge >= 0.3 is 0 Å². The van der Waals surface area contributed by atoms with Crippen LogP contribution in [-0.2, 0) is 0 Å². The van der Waals surface area contributed by atoms with Gasteiger partial charge in [-0.05, 0) is 38.0 Å². The van der Waals surface area contributed by atoms with Crippen molar-refractivity contribution in [3.63, 3.8) is 0 Å². The van der Waals surface area contributed by atoms with E-state index in [0.717, 1.165) is 18.9 Å². The van der Waals surface area contributed by atoms with Gasteiger partial charge in [-0.3, -0.25) is 4.99 Å². The van der Waals surface area contributed by atoms with Crippen LogP contribution in [0.25, 0.3) is 0 Å². The molecule has 1 rings (SSSR count). The van der Waals surface area contributed by atoms with Crippen LogP contribution >= 0.6 is 0 Å². The standard InChI is InChI=1S/C24H47N3/c1-3-4-5-6-7-8-9-10-11-12-13-14-15-16-17-18-19-22(2)23(25)24-26-20-21-27-24/h10-11,22-23H,3-9,12-21,25H2,1-2H3,(H,26,27)/b11-10-. The van der Waals surface area contributed by atoms with E-state index in [1.54, 1.807) is 0 Å². The molecule has 0 aromatic heterocycles. The highest BCUT2D eigenvalue weighted by atomic mass is 15.1. The highest BCUT2D eigenvalue weighted by Crippen LogP contribution is 2.16. The maximum absolute atomic E-state index is 6.29. The fraction of sp³-hybridized carbons (Fsp3) is 0.875. The van der Waals surface area contributed by atoms with Gasteiger partial charge in [-0.2, -0.15) is 0 Å². The molecule has 158 valence electrons. The zero-order chi connectivity index (χ0) is 19.6. The van der Waals surface area contributed by atoms with E-state index in [-0.39, 0.29) is 6.04 Å². The third-order valence-corrected chi connectivity index (χ3v) is 5.80. The molecule has 0 radical (unpaired) electrons. The van der Waals surface area contributed by atoms with Crippen molar-refractivity contribution in [3.8, 4) is 0 Å². The van der Waals surface area contributed by atoms with E-state index in [9.17, 15) is 0 Å². The van der Waals surface area contributed by atoms with E-state index in [2.05, 4.69) is 36.3 Å². The fourth-order valence-corrected chi connectivity index (χ4v) is 3.80. The molecule has 3 N–H and O–H groups in total. The van der Waals surface area contributed by atoms with Crippen molar-refractivity contribution < 1.29 is 0 Å². The average molecular weight is 378 g/mol. The van der Waals surface area contributed by atoms with Crippen molar-refractivity contribution in [2.24, 2.45) is 16.6 Å². The summed E-state index contributed by atoms with van der Waals surface area (Å²) in [7, 11) is 0.